The molecule has 7 heteroatoms. The van der Waals surface area contributed by atoms with E-state index in [0.29, 0.717) is 18.0 Å². The van der Waals surface area contributed by atoms with E-state index in [0.717, 1.165) is 29.3 Å². The lowest BCUT2D eigenvalue weighted by Crippen LogP contribution is -2.11. The molecule has 0 saturated heterocycles. The largest absolute Gasteiger partial charge is 0.492 e. The summed E-state index contributed by atoms with van der Waals surface area (Å²) in [4.78, 5) is 17.0. The zero-order valence-electron chi connectivity index (χ0n) is 12.4. The predicted molar refractivity (Wildman–Crippen MR) is 92.3 cm³/mol. The van der Waals surface area contributed by atoms with E-state index in [-0.39, 0.29) is 18.3 Å². The van der Waals surface area contributed by atoms with Crippen LogP contribution in [-0.4, -0.2) is 24.0 Å². The molecule has 0 aliphatic carbocycles. The molecule has 0 aliphatic heterocycles. The van der Waals surface area contributed by atoms with Crippen LogP contribution in [0.1, 0.15) is 28.0 Å². The SMILES string of the molecule is CCCc1ncc(C(=O)Nc2ccc(OCCN)cc2)s1.Cl. The quantitative estimate of drug-likeness (QED) is 0.811. The maximum Gasteiger partial charge on any atom is 0.267 e. The fraction of sp³-hybridized carbons (Fsp3) is 0.333. The number of nitrogens with zero attached hydrogens (tertiary/aromatic N) is 1. The van der Waals surface area contributed by atoms with E-state index < -0.39 is 0 Å². The average molecular weight is 342 g/mol. The number of anilines is 1. The van der Waals surface area contributed by atoms with Gasteiger partial charge in [-0.25, -0.2) is 4.98 Å². The first-order valence-corrected chi connectivity index (χ1v) is 7.73. The van der Waals surface area contributed by atoms with Gasteiger partial charge < -0.3 is 15.8 Å². The smallest absolute Gasteiger partial charge is 0.267 e. The number of ether oxygens (including phenoxy) is 1. The molecule has 1 aromatic heterocycles. The van der Waals surface area contributed by atoms with Crippen molar-refractivity contribution in [2.45, 2.75) is 19.8 Å². The lowest BCUT2D eigenvalue weighted by molar-refractivity contribution is 0.103. The van der Waals surface area contributed by atoms with E-state index in [1.54, 1.807) is 30.5 Å². The van der Waals surface area contributed by atoms with Gasteiger partial charge >= 0.3 is 0 Å². The van der Waals surface area contributed by atoms with Crippen molar-refractivity contribution in [1.82, 2.24) is 4.98 Å². The number of amides is 1. The Balaban J connectivity index is 0.00000242. The Hall–Kier alpha value is -1.63. The highest BCUT2D eigenvalue weighted by Crippen LogP contribution is 2.19. The molecule has 2 aromatic rings. The highest BCUT2D eigenvalue weighted by atomic mass is 35.5. The van der Waals surface area contributed by atoms with E-state index in [9.17, 15) is 4.79 Å². The van der Waals surface area contributed by atoms with Gasteiger partial charge in [0.1, 0.15) is 17.2 Å². The van der Waals surface area contributed by atoms with Crippen LogP contribution in [0.2, 0.25) is 0 Å². The Bertz CT molecular complexity index is 587. The van der Waals surface area contributed by atoms with Crippen molar-refractivity contribution in [1.29, 1.82) is 0 Å². The standard InChI is InChI=1S/C15H19N3O2S.ClH/c1-2-3-14-17-10-13(21-14)15(19)18-11-4-6-12(7-5-11)20-9-8-16;/h4-7,10H,2-3,8-9,16H2,1H3,(H,18,19);1H. The molecule has 0 atom stereocenters. The molecule has 1 heterocycles. The number of thiazole rings is 1. The van der Waals surface area contributed by atoms with E-state index in [1.807, 2.05) is 0 Å². The number of nitrogens with one attached hydrogen (secondary N) is 1. The number of hydrogen-bond acceptors (Lipinski definition) is 5. The summed E-state index contributed by atoms with van der Waals surface area (Å²) in [6, 6.07) is 7.22. The molecule has 1 aromatic carbocycles. The van der Waals surface area contributed by atoms with Gasteiger partial charge in [-0.2, -0.15) is 0 Å². The molecule has 0 aliphatic rings. The first kappa shape index (κ1) is 18.4. The molecule has 0 saturated carbocycles. The van der Waals surface area contributed by atoms with Crippen LogP contribution in [0.4, 0.5) is 5.69 Å². The number of halogens is 1. The van der Waals surface area contributed by atoms with Crippen LogP contribution in [0, 0.1) is 0 Å². The molecular weight excluding hydrogens is 322 g/mol. The third-order valence-electron chi connectivity index (χ3n) is 2.74. The van der Waals surface area contributed by atoms with Crippen LogP contribution in [0.25, 0.3) is 0 Å². The molecule has 0 bridgehead atoms. The maximum absolute atomic E-state index is 12.1. The number of nitrogens with two attached hydrogens (primary N) is 1. The predicted octanol–water partition coefficient (Wildman–Crippen LogP) is 3.11. The van der Waals surface area contributed by atoms with Crippen molar-refractivity contribution in [3.05, 3.63) is 40.3 Å². The molecule has 120 valence electrons. The summed E-state index contributed by atoms with van der Waals surface area (Å²) in [7, 11) is 0. The van der Waals surface area contributed by atoms with Gasteiger partial charge in [0.25, 0.3) is 5.91 Å². The monoisotopic (exact) mass is 341 g/mol. The van der Waals surface area contributed by atoms with E-state index in [1.165, 1.54) is 11.3 Å². The summed E-state index contributed by atoms with van der Waals surface area (Å²) in [5, 5.41) is 3.84. The van der Waals surface area contributed by atoms with Crippen molar-refractivity contribution in [2.24, 2.45) is 5.73 Å². The second kappa shape index (κ2) is 9.40. The van der Waals surface area contributed by atoms with Crippen LogP contribution in [-0.2, 0) is 6.42 Å². The number of hydrogen-bond donors (Lipinski definition) is 2. The second-order valence-corrected chi connectivity index (χ2v) is 5.60. The molecule has 2 rings (SSSR count). The average Bonchev–Trinajstić information content (AvgIpc) is 2.96. The van der Waals surface area contributed by atoms with Gasteiger partial charge in [0.15, 0.2) is 0 Å². The summed E-state index contributed by atoms with van der Waals surface area (Å²) in [6.45, 7) is 3.05. The highest BCUT2D eigenvalue weighted by molar-refractivity contribution is 7.13. The second-order valence-electron chi connectivity index (χ2n) is 4.48. The molecule has 1 amide bonds. The van der Waals surface area contributed by atoms with E-state index in [4.69, 9.17) is 10.5 Å². The van der Waals surface area contributed by atoms with Gasteiger partial charge in [-0.1, -0.05) is 6.92 Å². The zero-order chi connectivity index (χ0) is 15.1. The van der Waals surface area contributed by atoms with Crippen LogP contribution in [0.5, 0.6) is 5.75 Å². The Morgan fingerprint density at radius 2 is 2.09 bits per heavy atom. The molecule has 0 unspecified atom stereocenters. The Labute approximate surface area is 140 Å². The van der Waals surface area contributed by atoms with Crippen LogP contribution in [0.3, 0.4) is 0 Å². The summed E-state index contributed by atoms with van der Waals surface area (Å²) < 4.78 is 5.38. The number of benzene rings is 1. The third-order valence-corrected chi connectivity index (χ3v) is 3.80. The number of carbonyl (C=O) groups excluding carboxylic acids is 1. The van der Waals surface area contributed by atoms with Crippen LogP contribution >= 0.6 is 23.7 Å². The molecule has 0 radical (unpaired) electrons. The number of aromatic nitrogens is 1. The summed E-state index contributed by atoms with van der Waals surface area (Å²) in [5.74, 6) is 0.604. The third kappa shape index (κ3) is 5.29. The fourth-order valence-electron chi connectivity index (χ4n) is 1.75. The molecule has 0 spiro atoms. The van der Waals surface area contributed by atoms with Crippen molar-refractivity contribution < 1.29 is 9.53 Å². The Kier molecular flexibility index (Phi) is 7.87. The topological polar surface area (TPSA) is 77.2 Å². The van der Waals surface area contributed by atoms with Gasteiger partial charge in [-0.15, -0.1) is 23.7 Å². The first-order chi connectivity index (χ1) is 10.2. The Morgan fingerprint density at radius 3 is 2.73 bits per heavy atom. The van der Waals surface area contributed by atoms with Crippen molar-refractivity contribution in [3.63, 3.8) is 0 Å². The highest BCUT2D eigenvalue weighted by Gasteiger charge is 2.10. The first-order valence-electron chi connectivity index (χ1n) is 6.92. The molecule has 0 fully saturated rings. The normalized spacial score (nSPS) is 9.91. The fourth-order valence-corrected chi connectivity index (χ4v) is 2.66. The zero-order valence-corrected chi connectivity index (χ0v) is 14.0. The van der Waals surface area contributed by atoms with Crippen LogP contribution < -0.4 is 15.8 Å². The minimum atomic E-state index is -0.134. The van der Waals surface area contributed by atoms with Crippen molar-refractivity contribution in [3.8, 4) is 5.75 Å². The van der Waals surface area contributed by atoms with Gasteiger partial charge in [0, 0.05) is 12.2 Å². The number of rotatable bonds is 7. The summed E-state index contributed by atoms with van der Waals surface area (Å²) in [5.41, 5.74) is 6.10. The minimum absolute atomic E-state index is 0. The molecule has 5 nitrogen and oxygen atoms in total. The maximum atomic E-state index is 12.1. The molecule has 3 N–H and O–H groups in total. The summed E-state index contributed by atoms with van der Waals surface area (Å²) in [6.07, 6.45) is 3.56. The van der Waals surface area contributed by atoms with Gasteiger partial charge in [-0.3, -0.25) is 4.79 Å². The number of carbonyl (C=O) groups is 1. The van der Waals surface area contributed by atoms with Crippen molar-refractivity contribution >= 4 is 35.3 Å². The van der Waals surface area contributed by atoms with E-state index in [2.05, 4.69) is 17.2 Å². The van der Waals surface area contributed by atoms with Gasteiger partial charge in [-0.05, 0) is 37.1 Å². The lowest BCUT2D eigenvalue weighted by atomic mass is 10.3. The Morgan fingerprint density at radius 1 is 1.36 bits per heavy atom. The van der Waals surface area contributed by atoms with Crippen molar-refractivity contribution in [2.75, 3.05) is 18.5 Å². The number of aryl methyl sites for hydroxylation is 1. The molecular formula is C15H20ClN3O2S. The van der Waals surface area contributed by atoms with Gasteiger partial charge in [0.05, 0.1) is 11.2 Å². The molecule has 22 heavy (non-hydrogen) atoms. The minimum Gasteiger partial charge on any atom is -0.492 e. The lowest BCUT2D eigenvalue weighted by Gasteiger charge is -2.06. The van der Waals surface area contributed by atoms with E-state index >= 15 is 0 Å². The van der Waals surface area contributed by atoms with Gasteiger partial charge in [0.2, 0.25) is 0 Å². The summed E-state index contributed by atoms with van der Waals surface area (Å²) >= 11 is 1.44. The van der Waals surface area contributed by atoms with Crippen LogP contribution in [0.15, 0.2) is 30.5 Å².